The summed E-state index contributed by atoms with van der Waals surface area (Å²) in [5.41, 5.74) is -0.205. The van der Waals surface area contributed by atoms with Crippen LogP contribution >= 0.6 is 46.4 Å². The summed E-state index contributed by atoms with van der Waals surface area (Å²) in [5, 5.41) is 20.3. The van der Waals surface area contributed by atoms with Crippen LogP contribution in [0.25, 0.3) is 0 Å². The minimum atomic E-state index is -1.68. The first-order valence-corrected chi connectivity index (χ1v) is 22.0. The maximum absolute atomic E-state index is 13.0. The number of rotatable bonds is 16. The predicted molar refractivity (Wildman–Crippen MR) is 247 cm³/mol. The van der Waals surface area contributed by atoms with Gasteiger partial charge in [-0.15, -0.1) is 0 Å². The highest BCUT2D eigenvalue weighted by atomic mass is 35.5. The molecule has 13 heteroatoms. The van der Waals surface area contributed by atoms with Crippen molar-refractivity contribution in [1.82, 2.24) is 0 Å². The molecule has 0 bridgehead atoms. The molecule has 8 rings (SSSR count). The van der Waals surface area contributed by atoms with Gasteiger partial charge in [-0.1, -0.05) is 131 Å². The van der Waals surface area contributed by atoms with Crippen LogP contribution in [-0.2, 0) is 31.8 Å². The van der Waals surface area contributed by atoms with Crippen LogP contribution in [0.3, 0.4) is 0 Å². The number of hydrogen-bond donors (Lipinski definition) is 1. The van der Waals surface area contributed by atoms with E-state index in [1.165, 1.54) is 0 Å². The molecule has 0 aliphatic heterocycles. The van der Waals surface area contributed by atoms with Crippen LogP contribution in [0, 0.1) is 17.2 Å². The van der Waals surface area contributed by atoms with Crippen molar-refractivity contribution >= 4 is 58.3 Å². The Kier molecular flexibility index (Phi) is 14.0. The van der Waals surface area contributed by atoms with E-state index in [2.05, 4.69) is 6.07 Å². The van der Waals surface area contributed by atoms with E-state index >= 15 is 0 Å². The molecule has 0 heterocycles. The second-order valence-electron chi connectivity index (χ2n) is 15.1. The van der Waals surface area contributed by atoms with Gasteiger partial charge in [0.15, 0.2) is 0 Å². The number of carboxylic acid groups (broad SMARTS) is 1. The Morgan fingerprint density at radius 3 is 1.62 bits per heavy atom. The van der Waals surface area contributed by atoms with Gasteiger partial charge in [0, 0.05) is 12.3 Å². The molecule has 0 saturated heterocycles. The molecule has 64 heavy (non-hydrogen) atoms. The highest BCUT2D eigenvalue weighted by molar-refractivity contribution is 6.55. The number of alkyl halides is 4. The third-order valence-electron chi connectivity index (χ3n) is 11.2. The summed E-state index contributed by atoms with van der Waals surface area (Å²) < 4.78 is 25.4. The number of hydrogen-bond acceptors (Lipinski definition) is 8. The molecule has 9 nitrogen and oxygen atoms in total. The molecule has 6 aromatic carbocycles. The Morgan fingerprint density at radius 1 is 0.656 bits per heavy atom. The second kappa shape index (κ2) is 19.5. The average molecular weight is 940 g/mol. The molecule has 0 radical (unpaired) electrons. The van der Waals surface area contributed by atoms with Crippen LogP contribution in [0.15, 0.2) is 158 Å². The van der Waals surface area contributed by atoms with Crippen LogP contribution < -0.4 is 18.9 Å². The molecule has 2 aliphatic rings. The molecule has 4 atom stereocenters. The molecule has 4 unspecified atom stereocenters. The average Bonchev–Trinajstić information content (AvgIpc) is 4.08. The van der Waals surface area contributed by atoms with E-state index in [4.69, 9.17) is 70.1 Å². The number of aliphatic carboxylic acids is 1. The van der Waals surface area contributed by atoms with Crippen molar-refractivity contribution in [2.24, 2.45) is 5.92 Å². The van der Waals surface area contributed by atoms with Gasteiger partial charge in [-0.2, -0.15) is 5.26 Å². The molecule has 0 amide bonds. The molecular formula is C51H43Cl4NO8. The third-order valence-corrected chi connectivity index (χ3v) is 13.1. The van der Waals surface area contributed by atoms with E-state index in [1.54, 1.807) is 60.7 Å². The summed E-state index contributed by atoms with van der Waals surface area (Å²) >= 11 is 26.1. The zero-order chi connectivity index (χ0) is 45.5. The fourth-order valence-electron chi connectivity index (χ4n) is 7.92. The topological polar surface area (TPSA) is 124 Å². The van der Waals surface area contributed by atoms with E-state index in [9.17, 15) is 20.0 Å². The summed E-state index contributed by atoms with van der Waals surface area (Å²) in [4.78, 5) is 25.6. The molecule has 2 aliphatic carbocycles. The molecular weight excluding hydrogens is 896 g/mol. The van der Waals surface area contributed by atoms with Gasteiger partial charge in [0.05, 0.1) is 25.2 Å². The summed E-state index contributed by atoms with van der Waals surface area (Å²) in [6.45, 7) is 4.91. The summed E-state index contributed by atoms with van der Waals surface area (Å²) in [7, 11) is 0. The lowest BCUT2D eigenvalue weighted by Gasteiger charge is -2.18. The molecule has 0 aromatic heterocycles. The van der Waals surface area contributed by atoms with Gasteiger partial charge in [-0.3, -0.25) is 9.59 Å². The van der Waals surface area contributed by atoms with Crippen LogP contribution in [0.4, 0.5) is 0 Å². The van der Waals surface area contributed by atoms with Crippen molar-refractivity contribution in [3.05, 3.63) is 180 Å². The zero-order valence-electron chi connectivity index (χ0n) is 34.8. The first kappa shape index (κ1) is 46.1. The SMILES string of the molecule is CCOc1ccc(C2(C(=O)O)C(C(C#N)c3cccc(Oc4ccccc4)c3)C2(Cl)Cl)cc1.CCOc1ccc(C2(C(=O)OCc3cccc(Oc4ccccc4)c3)CC2(Cl)Cl)cc1. The highest BCUT2D eigenvalue weighted by Gasteiger charge is 2.83. The fraction of sp³-hybridized carbons (Fsp3) is 0.235. The molecule has 2 saturated carbocycles. The number of carbonyl (C=O) groups excluding carboxylic acids is 1. The van der Waals surface area contributed by atoms with E-state index in [1.807, 2.05) is 111 Å². The number of ether oxygens (including phenoxy) is 5. The lowest BCUT2D eigenvalue weighted by Crippen LogP contribution is -2.28. The molecule has 328 valence electrons. The van der Waals surface area contributed by atoms with E-state index in [0.29, 0.717) is 59.3 Å². The Hall–Kier alpha value is -5.89. The third kappa shape index (κ3) is 9.34. The lowest BCUT2D eigenvalue weighted by molar-refractivity contribution is -0.148. The van der Waals surface area contributed by atoms with Gasteiger partial charge in [0.25, 0.3) is 0 Å². The maximum atomic E-state index is 13.0. The number of benzene rings is 6. The standard InChI is InChI=1S/C26H21Cl2NO4.C25H22Cl2O4/c1-2-32-19-13-11-18(12-14-19)25(24(30)31)23(26(25,27)28)22(16-29)17-7-6-10-21(15-17)33-20-8-4-3-5-9-20;1-2-29-20-13-11-19(12-14-20)24(17-25(24,26)27)23(28)30-16-18-7-6-10-22(15-18)31-21-8-4-3-5-9-21/h3-15,22-23H,2H2,1H3,(H,30,31);3-15H,2,16-17H2,1H3. The number of carboxylic acids is 1. The predicted octanol–water partition coefficient (Wildman–Crippen LogP) is 12.7. The Labute approximate surface area is 391 Å². The van der Waals surface area contributed by atoms with Gasteiger partial charge in [0.1, 0.15) is 60.6 Å². The molecule has 2 fully saturated rings. The fourth-order valence-corrected chi connectivity index (χ4v) is 9.78. The normalized spacial score (nSPS) is 20.2. The zero-order valence-corrected chi connectivity index (χ0v) is 37.8. The number of halogens is 4. The number of esters is 1. The highest BCUT2D eigenvalue weighted by Crippen LogP contribution is 2.74. The van der Waals surface area contributed by atoms with Gasteiger partial charge in [0.2, 0.25) is 0 Å². The molecule has 0 spiro atoms. The number of nitriles is 1. The first-order valence-electron chi connectivity index (χ1n) is 20.5. The maximum Gasteiger partial charge on any atom is 0.320 e. The minimum Gasteiger partial charge on any atom is -0.494 e. The van der Waals surface area contributed by atoms with Crippen molar-refractivity contribution in [1.29, 1.82) is 5.26 Å². The van der Waals surface area contributed by atoms with Crippen molar-refractivity contribution in [3.8, 4) is 40.6 Å². The number of para-hydroxylation sites is 2. The summed E-state index contributed by atoms with van der Waals surface area (Å²) in [6.07, 6.45) is 0.299. The van der Waals surface area contributed by atoms with Crippen LogP contribution in [0.1, 0.15) is 48.4 Å². The van der Waals surface area contributed by atoms with Gasteiger partial charge in [-0.05, 0) is 109 Å². The van der Waals surface area contributed by atoms with Gasteiger partial charge in [-0.25, -0.2) is 0 Å². The second-order valence-corrected chi connectivity index (χ2v) is 18.0. The molecule has 6 aromatic rings. The van der Waals surface area contributed by atoms with Crippen LogP contribution in [0.5, 0.6) is 34.5 Å². The van der Waals surface area contributed by atoms with Crippen LogP contribution in [0.2, 0.25) is 0 Å². The smallest absolute Gasteiger partial charge is 0.320 e. The lowest BCUT2D eigenvalue weighted by atomic mass is 9.85. The van der Waals surface area contributed by atoms with Gasteiger partial charge >= 0.3 is 11.9 Å². The summed E-state index contributed by atoms with van der Waals surface area (Å²) in [5.74, 6) is 0.521. The number of nitrogens with zero attached hydrogens (tertiary/aromatic N) is 1. The van der Waals surface area contributed by atoms with Crippen LogP contribution in [-0.4, -0.2) is 38.9 Å². The number of carbonyl (C=O) groups is 2. The van der Waals surface area contributed by atoms with E-state index in [0.717, 1.165) is 17.1 Å². The van der Waals surface area contributed by atoms with Crippen molar-refractivity contribution in [3.63, 3.8) is 0 Å². The minimum absolute atomic E-state index is 0.0907. The quantitative estimate of drug-likeness (QED) is 0.0746. The van der Waals surface area contributed by atoms with Crippen molar-refractivity contribution in [2.45, 2.75) is 52.3 Å². The van der Waals surface area contributed by atoms with Crippen molar-refractivity contribution < 1.29 is 38.4 Å². The van der Waals surface area contributed by atoms with Gasteiger partial charge < -0.3 is 28.8 Å². The van der Waals surface area contributed by atoms with Crippen molar-refractivity contribution in [2.75, 3.05) is 13.2 Å². The Balaban J connectivity index is 0.000000192. The van der Waals surface area contributed by atoms with E-state index in [-0.39, 0.29) is 6.61 Å². The van der Waals surface area contributed by atoms with E-state index < -0.39 is 43.3 Å². The monoisotopic (exact) mass is 937 g/mol. The first-order chi connectivity index (χ1) is 30.8. The Morgan fingerprint density at radius 2 is 1.14 bits per heavy atom. The molecule has 1 N–H and O–H groups in total. The Bertz CT molecular complexity index is 2600. The summed E-state index contributed by atoms with van der Waals surface area (Å²) in [6, 6.07) is 49.2. The largest absolute Gasteiger partial charge is 0.494 e.